The number of hydrogen-bond donors (Lipinski definition) is 1. The summed E-state index contributed by atoms with van der Waals surface area (Å²) in [5, 5.41) is 5.67. The van der Waals surface area contributed by atoms with Gasteiger partial charge in [-0.2, -0.15) is 0 Å². The van der Waals surface area contributed by atoms with E-state index in [0.29, 0.717) is 17.9 Å². The first kappa shape index (κ1) is 46.1. The number of ether oxygens (including phenoxy) is 1. The molecule has 2 aromatic rings. The molecule has 8 unspecified atom stereocenters. The molecule has 9 atom stereocenters. The van der Waals surface area contributed by atoms with E-state index >= 15 is 0 Å². The van der Waals surface area contributed by atoms with Crippen molar-refractivity contribution in [2.24, 2.45) is 44.7 Å². The van der Waals surface area contributed by atoms with Crippen LogP contribution < -0.4 is 15.4 Å². The number of anilines is 1. The lowest BCUT2D eigenvalue weighted by molar-refractivity contribution is 0.132. The van der Waals surface area contributed by atoms with E-state index in [9.17, 15) is 0 Å². The van der Waals surface area contributed by atoms with Crippen molar-refractivity contribution < 1.29 is 4.74 Å². The quantitative estimate of drug-likeness (QED) is 0.171. The van der Waals surface area contributed by atoms with Crippen LogP contribution in [0.15, 0.2) is 119 Å². The van der Waals surface area contributed by atoms with Gasteiger partial charge in [-0.25, -0.2) is 0 Å². The minimum absolute atomic E-state index is 0.0235. The topological polar surface area (TPSA) is 36.9 Å². The van der Waals surface area contributed by atoms with Crippen LogP contribution in [-0.4, -0.2) is 40.7 Å². The molecular formula is C58H81N3OP+. The Morgan fingerprint density at radius 2 is 1.63 bits per heavy atom. The van der Waals surface area contributed by atoms with Gasteiger partial charge in [0.2, 0.25) is 7.41 Å². The highest BCUT2D eigenvalue weighted by atomic mass is 31.2. The van der Waals surface area contributed by atoms with Crippen LogP contribution in [0.1, 0.15) is 141 Å². The maximum absolute atomic E-state index is 7.53. The summed E-state index contributed by atoms with van der Waals surface area (Å²) in [5.41, 5.74) is 9.50. The van der Waals surface area contributed by atoms with Crippen LogP contribution in [0, 0.1) is 39.9 Å². The van der Waals surface area contributed by atoms with Gasteiger partial charge >= 0.3 is 0 Å². The smallest absolute Gasteiger partial charge is 0.204 e. The van der Waals surface area contributed by atoms with Crippen LogP contribution in [0.3, 0.4) is 0 Å². The fraction of sp³-hybridized carbons (Fsp3) is 0.569. The first-order chi connectivity index (χ1) is 29.3. The number of nitrogens with one attached hydrogen (secondary N) is 1. The van der Waals surface area contributed by atoms with E-state index in [0.717, 1.165) is 30.9 Å². The number of benzene rings is 2. The molecule has 1 spiro atoms. The highest BCUT2D eigenvalue weighted by molar-refractivity contribution is 7.84. The molecule has 2 aliphatic carbocycles. The van der Waals surface area contributed by atoms with Gasteiger partial charge in [0.15, 0.2) is 22.5 Å². The molecule has 4 nitrogen and oxygen atoms in total. The molecule has 0 saturated carbocycles. The zero-order chi connectivity index (χ0) is 45.8. The molecule has 338 valence electrons. The van der Waals surface area contributed by atoms with Gasteiger partial charge in [0.25, 0.3) is 0 Å². The van der Waals surface area contributed by atoms with Gasteiger partial charge in [-0.15, -0.1) is 4.76 Å². The Kier molecular flexibility index (Phi) is 11.6. The van der Waals surface area contributed by atoms with Crippen molar-refractivity contribution in [3.8, 4) is 5.75 Å². The van der Waals surface area contributed by atoms with Crippen molar-refractivity contribution in [2.45, 2.75) is 164 Å². The summed E-state index contributed by atoms with van der Waals surface area (Å²) >= 11 is 0. The molecule has 0 fully saturated rings. The maximum Gasteiger partial charge on any atom is 0.204 e. The van der Waals surface area contributed by atoms with Crippen molar-refractivity contribution >= 4 is 24.1 Å². The summed E-state index contributed by atoms with van der Waals surface area (Å²) in [7, 11) is -2.60. The van der Waals surface area contributed by atoms with Crippen molar-refractivity contribution in [2.75, 3.05) is 11.9 Å². The van der Waals surface area contributed by atoms with Crippen molar-refractivity contribution in [3.63, 3.8) is 0 Å². The average Bonchev–Trinajstić information content (AvgIpc) is 3.17. The van der Waals surface area contributed by atoms with Crippen molar-refractivity contribution in [1.82, 2.24) is 4.90 Å². The highest BCUT2D eigenvalue weighted by Crippen LogP contribution is 2.80. The van der Waals surface area contributed by atoms with Gasteiger partial charge in [-0.1, -0.05) is 170 Å². The summed E-state index contributed by atoms with van der Waals surface area (Å²) < 4.78 is 14.2. The maximum atomic E-state index is 7.53. The summed E-state index contributed by atoms with van der Waals surface area (Å²) in [6.45, 7) is 43.4. The fourth-order valence-electron chi connectivity index (χ4n) is 12.5. The third kappa shape index (κ3) is 7.94. The van der Waals surface area contributed by atoms with Gasteiger partial charge in [-0.3, -0.25) is 4.90 Å². The number of fused-ring (bicyclic) bond motifs is 4. The van der Waals surface area contributed by atoms with Crippen LogP contribution in [0.2, 0.25) is 0 Å². The Hall–Kier alpha value is -3.46. The molecule has 2 aromatic carbocycles. The van der Waals surface area contributed by atoms with Crippen LogP contribution >= 0.6 is 7.41 Å². The molecule has 0 radical (unpaired) electrons. The van der Waals surface area contributed by atoms with Crippen LogP contribution in [0.25, 0.3) is 0 Å². The monoisotopic (exact) mass is 867 g/mol. The van der Waals surface area contributed by atoms with Crippen LogP contribution in [0.5, 0.6) is 5.75 Å². The lowest BCUT2D eigenvalue weighted by atomic mass is 9.68. The normalized spacial score (nSPS) is 30.1. The number of rotatable bonds is 7. The Labute approximate surface area is 384 Å². The second-order valence-corrected chi connectivity index (χ2v) is 28.1. The third-order valence-corrected chi connectivity index (χ3v) is 20.5. The van der Waals surface area contributed by atoms with Crippen LogP contribution in [0.4, 0.5) is 5.69 Å². The second-order valence-electron chi connectivity index (χ2n) is 24.8. The van der Waals surface area contributed by atoms with E-state index in [4.69, 9.17) is 9.50 Å². The number of nitrogens with zero attached hydrogens (tertiary/aromatic N) is 2. The third-order valence-electron chi connectivity index (χ3n) is 16.0. The average molecular weight is 867 g/mol. The predicted octanol–water partition coefficient (Wildman–Crippen LogP) is 14.8. The molecule has 4 heterocycles. The Bertz CT molecular complexity index is 2310. The standard InChI is InChI=1S/C58H81N3OP/c1-18-38(54(4,5)6)30-40(55(7,8)9)28-29-61-47-27-23-22-26-43(47)44-35-50(61)63-52-45(44)31-41(56(10,11)12)33-48(52)62-49-34-42(57(13,14)15)32-46(53(49)63)59-36(2)51(37(3)60-63)58(16,17)39-24-20-19-21-25-39/h18-21,23-25,27,30-36,40,43,45,47,50-52,59H,1,22,26,28-29H2,2-17H3/q+1/b38-30+,60-37?/t36?,40?,43?,45?,47?,50-,51?,52?,63?/m0/s1. The van der Waals surface area contributed by atoms with E-state index in [1.807, 2.05) is 0 Å². The van der Waals surface area contributed by atoms with Crippen LogP contribution in [-0.2, 0) is 10.8 Å². The largest absolute Gasteiger partial charge is 0.453 e. The van der Waals surface area contributed by atoms with E-state index in [-0.39, 0.29) is 56.4 Å². The Morgan fingerprint density at radius 1 is 0.937 bits per heavy atom. The molecule has 4 aliphatic heterocycles. The summed E-state index contributed by atoms with van der Waals surface area (Å²) in [5.74, 6) is 3.52. The van der Waals surface area contributed by atoms with E-state index < -0.39 is 7.41 Å². The van der Waals surface area contributed by atoms with Crippen molar-refractivity contribution in [3.05, 3.63) is 125 Å². The minimum atomic E-state index is -2.60. The second kappa shape index (κ2) is 15.9. The molecule has 0 saturated heterocycles. The highest BCUT2D eigenvalue weighted by Gasteiger charge is 2.72. The Balaban J connectivity index is 1.43. The summed E-state index contributed by atoms with van der Waals surface area (Å²) in [6.07, 6.45) is 21.1. The zero-order valence-electron chi connectivity index (χ0n) is 42.0. The lowest BCUT2D eigenvalue weighted by Crippen LogP contribution is -2.60. The minimum Gasteiger partial charge on any atom is -0.453 e. The van der Waals surface area contributed by atoms with E-state index in [1.165, 1.54) is 45.4 Å². The van der Waals surface area contributed by atoms with Gasteiger partial charge < -0.3 is 10.1 Å². The van der Waals surface area contributed by atoms with E-state index in [2.05, 4.69) is 213 Å². The molecule has 0 aromatic heterocycles. The lowest BCUT2D eigenvalue weighted by Gasteiger charge is -2.57. The summed E-state index contributed by atoms with van der Waals surface area (Å²) in [4.78, 5) is 2.99. The summed E-state index contributed by atoms with van der Waals surface area (Å²) in [6, 6.07) is 16.6. The number of allylic oxidation sites excluding steroid dienone is 8. The SMILES string of the molecule is C=C/C(=C\C(CCN1C2C=CCCC2C2=C[C@@H]1[P+]13N=C(C)C(C(C)(C)c4ccccc4)C(C)Nc4cc(C(C)(C)C)cc(c41)OC1=CC(C(C)(C)C)=CC2C13)C(C)(C)C)C(C)(C)C. The zero-order valence-corrected chi connectivity index (χ0v) is 42.9. The van der Waals surface area contributed by atoms with Gasteiger partial charge in [0.05, 0.1) is 11.4 Å². The molecule has 2 bridgehead atoms. The molecular weight excluding hydrogens is 786 g/mol. The molecule has 8 rings (SSSR count). The van der Waals surface area contributed by atoms with Gasteiger partial charge in [0.1, 0.15) is 5.76 Å². The Morgan fingerprint density at radius 3 is 2.25 bits per heavy atom. The first-order valence-electron chi connectivity index (χ1n) is 24.3. The van der Waals surface area contributed by atoms with Crippen molar-refractivity contribution in [1.29, 1.82) is 0 Å². The predicted molar refractivity (Wildman–Crippen MR) is 274 cm³/mol. The first-order valence-corrected chi connectivity index (χ1v) is 26.2. The van der Waals surface area contributed by atoms with Gasteiger partial charge in [-0.05, 0) is 113 Å². The van der Waals surface area contributed by atoms with Gasteiger partial charge in [0, 0.05) is 36.4 Å². The van der Waals surface area contributed by atoms with E-state index in [1.54, 1.807) is 5.57 Å². The fourth-order valence-corrected chi connectivity index (χ4v) is 17.8. The molecule has 5 heteroatoms. The number of hydrogen-bond acceptors (Lipinski definition) is 4. The molecule has 63 heavy (non-hydrogen) atoms. The molecule has 6 aliphatic rings. The molecule has 1 N–H and O–H groups in total. The molecule has 0 amide bonds.